The molecule has 1 aliphatic carbocycles. The Morgan fingerprint density at radius 1 is 1.05 bits per heavy atom. The Balaban J connectivity index is 1.47. The van der Waals surface area contributed by atoms with Crippen LogP contribution in [0.15, 0.2) is 0 Å². The Bertz CT molecular complexity index is 336. The van der Waals surface area contributed by atoms with Gasteiger partial charge in [-0.25, -0.2) is 5.06 Å². The third kappa shape index (κ3) is 3.15. The molecular weight excluding hydrogens is 256 g/mol. The van der Waals surface area contributed by atoms with Crippen LogP contribution >= 0.6 is 0 Å². The van der Waals surface area contributed by atoms with E-state index in [9.17, 15) is 9.90 Å². The maximum Gasteiger partial charge on any atom is 0.249 e. The van der Waals surface area contributed by atoms with E-state index in [-0.39, 0.29) is 18.4 Å². The molecule has 3 fully saturated rings. The molecular formula is C15H26N2O3. The summed E-state index contributed by atoms with van der Waals surface area (Å²) in [6.45, 7) is 2.67. The van der Waals surface area contributed by atoms with Gasteiger partial charge in [0.15, 0.2) is 0 Å². The number of carbonyl (C=O) groups excluding carboxylic acids is 1. The summed E-state index contributed by atoms with van der Waals surface area (Å²) < 4.78 is 0. The molecule has 5 nitrogen and oxygen atoms in total. The second kappa shape index (κ2) is 6.41. The Hall–Kier alpha value is -0.650. The Morgan fingerprint density at radius 3 is 2.35 bits per heavy atom. The van der Waals surface area contributed by atoms with Gasteiger partial charge in [-0.2, -0.15) is 0 Å². The molecule has 114 valence electrons. The minimum Gasteiger partial charge on any atom is -0.389 e. The van der Waals surface area contributed by atoms with E-state index >= 15 is 0 Å². The molecule has 1 N–H and O–H groups in total. The Morgan fingerprint density at radius 2 is 1.75 bits per heavy atom. The fourth-order valence-electron chi connectivity index (χ4n) is 3.79. The summed E-state index contributed by atoms with van der Waals surface area (Å²) in [7, 11) is 0. The number of piperidine rings is 1. The van der Waals surface area contributed by atoms with Gasteiger partial charge in [0.1, 0.15) is 6.61 Å². The molecule has 0 aromatic rings. The molecule has 0 aromatic heterocycles. The topological polar surface area (TPSA) is 53.0 Å². The monoisotopic (exact) mass is 282 g/mol. The first kappa shape index (κ1) is 14.3. The van der Waals surface area contributed by atoms with E-state index < -0.39 is 6.10 Å². The number of β-amino-alcohol motifs (C(OH)–C–C–N with tert-alkyl or cyclic N) is 1. The molecule has 0 radical (unpaired) electrons. The van der Waals surface area contributed by atoms with Crippen LogP contribution in [0.2, 0.25) is 0 Å². The molecule has 1 saturated carbocycles. The Labute approximate surface area is 120 Å². The first-order chi connectivity index (χ1) is 9.74. The lowest BCUT2D eigenvalue weighted by Gasteiger charge is -2.39. The number of hydrogen-bond acceptors (Lipinski definition) is 4. The van der Waals surface area contributed by atoms with Crippen molar-refractivity contribution in [3.8, 4) is 0 Å². The third-order valence-corrected chi connectivity index (χ3v) is 5.02. The molecule has 3 aliphatic rings. The van der Waals surface area contributed by atoms with Gasteiger partial charge in [-0.3, -0.25) is 9.63 Å². The van der Waals surface area contributed by atoms with Crippen molar-refractivity contribution in [3.05, 3.63) is 0 Å². The van der Waals surface area contributed by atoms with Gasteiger partial charge in [-0.05, 0) is 38.8 Å². The minimum absolute atomic E-state index is 0.0739. The van der Waals surface area contributed by atoms with Gasteiger partial charge in [0.25, 0.3) is 0 Å². The van der Waals surface area contributed by atoms with Crippen LogP contribution in [0.25, 0.3) is 0 Å². The number of rotatable bonds is 2. The average Bonchev–Trinajstić information content (AvgIpc) is 2.94. The molecule has 0 spiro atoms. The van der Waals surface area contributed by atoms with Crippen LogP contribution in [0, 0.1) is 5.92 Å². The zero-order chi connectivity index (χ0) is 13.9. The van der Waals surface area contributed by atoms with E-state index in [1.165, 1.54) is 37.2 Å². The van der Waals surface area contributed by atoms with Crippen LogP contribution < -0.4 is 0 Å². The van der Waals surface area contributed by atoms with Gasteiger partial charge in [0, 0.05) is 12.0 Å². The first-order valence-electron chi connectivity index (χ1n) is 8.10. The maximum absolute atomic E-state index is 12.3. The predicted octanol–water partition coefficient (Wildman–Crippen LogP) is 1.17. The number of carbonyl (C=O) groups is 1. The van der Waals surface area contributed by atoms with Gasteiger partial charge < -0.3 is 10.0 Å². The van der Waals surface area contributed by atoms with E-state index in [4.69, 9.17) is 4.84 Å². The molecule has 5 heteroatoms. The van der Waals surface area contributed by atoms with Crippen LogP contribution in [-0.2, 0) is 9.63 Å². The summed E-state index contributed by atoms with van der Waals surface area (Å²) in [5.41, 5.74) is 0. The molecule has 1 atom stereocenters. The lowest BCUT2D eigenvalue weighted by atomic mass is 9.90. The SMILES string of the molecule is O=C(C1CCN(C2CCCCC2)CC1)N1CC(O)CO1. The molecule has 2 saturated heterocycles. The van der Waals surface area contributed by atoms with Crippen LogP contribution in [0.4, 0.5) is 0 Å². The van der Waals surface area contributed by atoms with Crippen molar-refractivity contribution < 1.29 is 14.7 Å². The fraction of sp³-hybridized carbons (Fsp3) is 0.933. The van der Waals surface area contributed by atoms with Crippen molar-refractivity contribution in [3.63, 3.8) is 0 Å². The predicted molar refractivity (Wildman–Crippen MR) is 74.8 cm³/mol. The summed E-state index contributed by atoms with van der Waals surface area (Å²) in [5, 5.41) is 10.8. The largest absolute Gasteiger partial charge is 0.389 e. The first-order valence-corrected chi connectivity index (χ1v) is 8.10. The second-order valence-electron chi connectivity index (χ2n) is 6.45. The number of aliphatic hydroxyl groups excluding tert-OH is 1. The standard InChI is InChI=1S/C15H26N2O3/c18-14-10-17(20-11-14)15(19)12-6-8-16(9-7-12)13-4-2-1-3-5-13/h12-14,18H,1-11H2. The van der Waals surface area contributed by atoms with Gasteiger partial charge in [0.2, 0.25) is 5.91 Å². The molecule has 2 aliphatic heterocycles. The van der Waals surface area contributed by atoms with Crippen molar-refractivity contribution in [2.45, 2.75) is 57.1 Å². The molecule has 20 heavy (non-hydrogen) atoms. The highest BCUT2D eigenvalue weighted by molar-refractivity contribution is 5.78. The van der Waals surface area contributed by atoms with Crippen molar-refractivity contribution in [1.29, 1.82) is 0 Å². The average molecular weight is 282 g/mol. The zero-order valence-corrected chi connectivity index (χ0v) is 12.2. The number of aliphatic hydroxyl groups is 1. The lowest BCUT2D eigenvalue weighted by molar-refractivity contribution is -0.175. The summed E-state index contributed by atoms with van der Waals surface area (Å²) in [6.07, 6.45) is 8.14. The van der Waals surface area contributed by atoms with Gasteiger partial charge in [-0.15, -0.1) is 0 Å². The summed E-state index contributed by atoms with van der Waals surface area (Å²) in [5.74, 6) is 0.157. The van der Waals surface area contributed by atoms with E-state index in [0.717, 1.165) is 32.0 Å². The number of likely N-dealkylation sites (tertiary alicyclic amines) is 1. The Kier molecular flexibility index (Phi) is 4.58. The maximum atomic E-state index is 12.3. The number of hydrogen-bond donors (Lipinski definition) is 1. The highest BCUT2D eigenvalue weighted by Gasteiger charge is 2.34. The zero-order valence-electron chi connectivity index (χ0n) is 12.2. The lowest BCUT2D eigenvalue weighted by Crippen LogP contribution is -2.46. The molecule has 2 heterocycles. The number of hydroxylamine groups is 2. The molecule has 3 rings (SSSR count). The van der Waals surface area contributed by atoms with Crippen molar-refractivity contribution in [2.24, 2.45) is 5.92 Å². The highest BCUT2D eigenvalue weighted by atomic mass is 16.7. The van der Waals surface area contributed by atoms with Crippen LogP contribution in [0.5, 0.6) is 0 Å². The van der Waals surface area contributed by atoms with E-state index in [1.807, 2.05) is 0 Å². The van der Waals surface area contributed by atoms with Crippen LogP contribution in [-0.4, -0.2) is 59.4 Å². The van der Waals surface area contributed by atoms with Crippen LogP contribution in [0.3, 0.4) is 0 Å². The summed E-state index contributed by atoms with van der Waals surface area (Å²) in [4.78, 5) is 20.1. The van der Waals surface area contributed by atoms with Crippen molar-refractivity contribution in [1.82, 2.24) is 9.96 Å². The van der Waals surface area contributed by atoms with Gasteiger partial charge in [-0.1, -0.05) is 19.3 Å². The van der Waals surface area contributed by atoms with E-state index in [2.05, 4.69) is 4.90 Å². The highest BCUT2D eigenvalue weighted by Crippen LogP contribution is 2.28. The van der Waals surface area contributed by atoms with E-state index in [0.29, 0.717) is 6.54 Å². The second-order valence-corrected chi connectivity index (χ2v) is 6.45. The molecule has 0 bridgehead atoms. The normalized spacial score (nSPS) is 30.9. The summed E-state index contributed by atoms with van der Waals surface area (Å²) >= 11 is 0. The van der Waals surface area contributed by atoms with Gasteiger partial charge >= 0.3 is 0 Å². The van der Waals surface area contributed by atoms with Crippen molar-refractivity contribution in [2.75, 3.05) is 26.2 Å². The fourth-order valence-corrected chi connectivity index (χ4v) is 3.79. The molecule has 1 amide bonds. The van der Waals surface area contributed by atoms with E-state index in [1.54, 1.807) is 0 Å². The quantitative estimate of drug-likeness (QED) is 0.826. The van der Waals surface area contributed by atoms with Crippen molar-refractivity contribution >= 4 is 5.91 Å². The third-order valence-electron chi connectivity index (χ3n) is 5.02. The van der Waals surface area contributed by atoms with Crippen LogP contribution in [0.1, 0.15) is 44.9 Å². The number of nitrogens with zero attached hydrogens (tertiary/aromatic N) is 2. The number of amides is 1. The molecule has 1 unspecified atom stereocenters. The summed E-state index contributed by atoms with van der Waals surface area (Å²) in [6, 6.07) is 0.754. The minimum atomic E-state index is -0.513. The van der Waals surface area contributed by atoms with Gasteiger partial charge in [0.05, 0.1) is 12.6 Å². The smallest absolute Gasteiger partial charge is 0.249 e. The molecule has 0 aromatic carbocycles.